The van der Waals surface area contributed by atoms with E-state index in [1.165, 1.54) is 57.7 Å². The minimum atomic E-state index is 0.576. The van der Waals surface area contributed by atoms with Crippen molar-refractivity contribution in [1.29, 1.82) is 0 Å². The van der Waals surface area contributed by atoms with Crippen molar-refractivity contribution in [3.8, 4) is 23.7 Å². The maximum absolute atomic E-state index is 5.56. The summed E-state index contributed by atoms with van der Waals surface area (Å²) in [7, 11) is 0. The monoisotopic (exact) mass is 530 g/mol. The molecule has 3 heterocycles. The Hall–Kier alpha value is -3.71. The molecule has 1 aliphatic carbocycles. The zero-order chi connectivity index (χ0) is 27.8. The number of hydrogen-bond acceptors (Lipinski definition) is 3. The Kier molecular flexibility index (Phi) is 7.32. The average Bonchev–Trinajstić information content (AvgIpc) is 3.77. The van der Waals surface area contributed by atoms with Gasteiger partial charge in [0.1, 0.15) is 5.82 Å². The fraction of sp³-hybridized carbons (Fsp3) is 0.417. The van der Waals surface area contributed by atoms with Crippen LogP contribution in [0.25, 0.3) is 17.1 Å². The van der Waals surface area contributed by atoms with Gasteiger partial charge < -0.3 is 14.8 Å². The number of piperidine rings is 1. The first-order valence-electron chi connectivity index (χ1n) is 15.2. The first-order chi connectivity index (χ1) is 19.5. The predicted octanol–water partition coefficient (Wildman–Crippen LogP) is 7.63. The maximum atomic E-state index is 5.56. The van der Waals surface area contributed by atoms with Crippen molar-refractivity contribution in [1.82, 2.24) is 19.8 Å². The van der Waals surface area contributed by atoms with E-state index < -0.39 is 0 Å². The van der Waals surface area contributed by atoms with Crippen LogP contribution in [0.2, 0.25) is 0 Å². The van der Waals surface area contributed by atoms with Gasteiger partial charge in [-0.15, -0.1) is 6.42 Å². The molecule has 1 saturated carbocycles. The van der Waals surface area contributed by atoms with Gasteiger partial charge in [0.25, 0.3) is 0 Å². The van der Waals surface area contributed by atoms with E-state index in [4.69, 9.17) is 11.4 Å². The molecule has 4 heteroatoms. The number of fused-ring (bicyclic) bond motifs is 1. The Morgan fingerprint density at radius 2 is 1.75 bits per heavy atom. The van der Waals surface area contributed by atoms with E-state index in [2.05, 4.69) is 84.1 Å². The second-order valence-corrected chi connectivity index (χ2v) is 11.8. The summed E-state index contributed by atoms with van der Waals surface area (Å²) in [6.45, 7) is 17.3. The summed E-state index contributed by atoms with van der Waals surface area (Å²) >= 11 is 0. The molecule has 40 heavy (non-hydrogen) atoms. The van der Waals surface area contributed by atoms with E-state index in [1.54, 1.807) is 0 Å². The summed E-state index contributed by atoms with van der Waals surface area (Å²) in [5.41, 5.74) is 12.6. The summed E-state index contributed by atoms with van der Waals surface area (Å²) < 4.78 is 0. The van der Waals surface area contributed by atoms with Gasteiger partial charge in [-0.2, -0.15) is 0 Å². The number of aromatic amines is 1. The van der Waals surface area contributed by atoms with Crippen LogP contribution in [0.4, 0.5) is 0 Å². The zero-order valence-electron chi connectivity index (χ0n) is 24.2. The third-order valence-corrected chi connectivity index (χ3v) is 9.35. The Morgan fingerprint density at radius 3 is 2.40 bits per heavy atom. The molecular formula is C36H42N4. The van der Waals surface area contributed by atoms with Crippen LogP contribution in [-0.4, -0.2) is 39.4 Å². The van der Waals surface area contributed by atoms with Crippen molar-refractivity contribution < 1.29 is 0 Å². The Morgan fingerprint density at radius 1 is 1.00 bits per heavy atom. The number of likely N-dealkylation sites (tertiary alicyclic amines) is 1. The van der Waals surface area contributed by atoms with Gasteiger partial charge in [-0.1, -0.05) is 51.1 Å². The molecule has 1 aromatic heterocycles. The normalized spacial score (nSPS) is 17.4. The van der Waals surface area contributed by atoms with Crippen molar-refractivity contribution in [2.24, 2.45) is 0 Å². The van der Waals surface area contributed by atoms with Gasteiger partial charge in [-0.3, -0.25) is 0 Å². The highest BCUT2D eigenvalue weighted by Crippen LogP contribution is 2.46. The van der Waals surface area contributed by atoms with Gasteiger partial charge in [0.2, 0.25) is 0 Å². The number of benzene rings is 2. The number of H-pyrrole nitrogens is 1. The first-order valence-corrected chi connectivity index (χ1v) is 15.2. The molecular weight excluding hydrogens is 488 g/mol. The van der Waals surface area contributed by atoms with Crippen LogP contribution in [0.3, 0.4) is 0 Å². The summed E-state index contributed by atoms with van der Waals surface area (Å²) in [6, 6.07) is 13.4. The third kappa shape index (κ3) is 5.10. The van der Waals surface area contributed by atoms with Crippen LogP contribution in [-0.2, 0) is 19.4 Å². The van der Waals surface area contributed by atoms with E-state index >= 15 is 0 Å². The molecule has 2 aliphatic heterocycles. The van der Waals surface area contributed by atoms with Crippen LogP contribution >= 0.6 is 0 Å². The second-order valence-electron chi connectivity index (χ2n) is 11.8. The molecule has 2 fully saturated rings. The number of nitrogens with one attached hydrogen (secondary N) is 1. The lowest BCUT2D eigenvalue weighted by Crippen LogP contribution is -2.31. The van der Waals surface area contributed by atoms with Crippen LogP contribution in [0, 0.1) is 12.3 Å². The Balaban J connectivity index is 1.26. The topological polar surface area (TPSA) is 35.2 Å². The number of hydrogen-bond donors (Lipinski definition) is 1. The van der Waals surface area contributed by atoms with Crippen LogP contribution in [0.5, 0.6) is 0 Å². The van der Waals surface area contributed by atoms with E-state index in [-0.39, 0.29) is 0 Å². The highest BCUT2D eigenvalue weighted by molar-refractivity contribution is 5.74. The van der Waals surface area contributed by atoms with Crippen molar-refractivity contribution >= 4 is 5.70 Å². The Labute approximate surface area is 240 Å². The number of aryl methyl sites for hydroxylation is 1. The summed E-state index contributed by atoms with van der Waals surface area (Å²) in [5, 5.41) is 0. The summed E-state index contributed by atoms with van der Waals surface area (Å²) in [6.07, 6.45) is 13.3. The van der Waals surface area contributed by atoms with Gasteiger partial charge >= 0.3 is 0 Å². The van der Waals surface area contributed by atoms with Gasteiger partial charge in [-0.25, -0.2) is 4.98 Å². The highest BCUT2D eigenvalue weighted by Gasteiger charge is 2.31. The smallest absolute Gasteiger partial charge is 0.138 e. The molecule has 206 valence electrons. The molecule has 1 saturated heterocycles. The highest BCUT2D eigenvalue weighted by atomic mass is 15.2. The van der Waals surface area contributed by atoms with Crippen LogP contribution in [0.1, 0.15) is 97.0 Å². The van der Waals surface area contributed by atoms with Crippen molar-refractivity contribution in [3.05, 3.63) is 94.5 Å². The standard InChI is InChI=1S/C36H42N4/c1-6-24(4)40-20-17-34-35(23-40)38-36(37-34)33-22-31(27(8-3)21-32(33)30-13-14-30)25(5)39-18-15-29(16-19-39)28-11-9-26(7-2)10-12-28/h2,9-12,21-22,29-30H,4-6,8,13-20,23H2,1,3H3,(H,37,38). The summed E-state index contributed by atoms with van der Waals surface area (Å²) in [4.78, 5) is 13.8. The number of rotatable bonds is 8. The number of nitrogens with zero attached hydrogens (tertiary/aromatic N) is 3. The average molecular weight is 531 g/mol. The molecule has 0 amide bonds. The molecule has 0 atom stereocenters. The number of aromatic nitrogens is 2. The minimum absolute atomic E-state index is 0.576. The molecule has 3 aromatic rings. The zero-order valence-corrected chi connectivity index (χ0v) is 24.2. The molecule has 0 radical (unpaired) electrons. The molecule has 0 unspecified atom stereocenters. The van der Waals surface area contributed by atoms with E-state index in [0.717, 1.165) is 75.4 Å². The van der Waals surface area contributed by atoms with Gasteiger partial charge in [0.05, 0.1) is 17.9 Å². The molecule has 3 aliphatic rings. The minimum Gasteiger partial charge on any atom is -0.371 e. The lowest BCUT2D eigenvalue weighted by atomic mass is 9.87. The lowest BCUT2D eigenvalue weighted by molar-refractivity contribution is 0.299. The van der Waals surface area contributed by atoms with Crippen molar-refractivity contribution in [2.75, 3.05) is 19.6 Å². The molecule has 0 spiro atoms. The van der Waals surface area contributed by atoms with E-state index in [0.29, 0.717) is 11.8 Å². The fourth-order valence-corrected chi connectivity index (χ4v) is 6.58. The van der Waals surface area contributed by atoms with Gasteiger partial charge in [-0.05, 0) is 85.3 Å². The molecule has 0 bridgehead atoms. The first kappa shape index (κ1) is 26.5. The number of imidazole rings is 1. The molecule has 4 nitrogen and oxygen atoms in total. The van der Waals surface area contributed by atoms with Crippen molar-refractivity contribution in [3.63, 3.8) is 0 Å². The SMILES string of the molecule is C#Cc1ccc(C2CCN(C(=C)c3cc(-c4nc5c([nH]4)CN(C(=C)CC)CC5)c(C4CC4)cc3CC)CC2)cc1. The van der Waals surface area contributed by atoms with Gasteiger partial charge in [0.15, 0.2) is 0 Å². The number of allylic oxidation sites excluding steroid dienone is 1. The van der Waals surface area contributed by atoms with E-state index in [1.807, 2.05) is 0 Å². The predicted molar refractivity (Wildman–Crippen MR) is 166 cm³/mol. The van der Waals surface area contributed by atoms with Gasteiger partial charge in [0, 0.05) is 54.1 Å². The van der Waals surface area contributed by atoms with Crippen LogP contribution < -0.4 is 0 Å². The fourth-order valence-electron chi connectivity index (χ4n) is 6.58. The second kappa shape index (κ2) is 11.0. The van der Waals surface area contributed by atoms with E-state index in [9.17, 15) is 0 Å². The lowest BCUT2D eigenvalue weighted by Gasteiger charge is -2.36. The molecule has 2 aromatic carbocycles. The van der Waals surface area contributed by atoms with Crippen LogP contribution in [0.15, 0.2) is 55.3 Å². The number of terminal acetylenes is 1. The van der Waals surface area contributed by atoms with Crippen molar-refractivity contribution in [2.45, 2.75) is 77.2 Å². The molecule has 6 rings (SSSR count). The maximum Gasteiger partial charge on any atom is 0.138 e. The quantitative estimate of drug-likeness (QED) is 0.304. The largest absolute Gasteiger partial charge is 0.371 e. The third-order valence-electron chi connectivity index (χ3n) is 9.35. The summed E-state index contributed by atoms with van der Waals surface area (Å²) in [5.74, 6) is 4.99. The molecule has 1 N–H and O–H groups in total. The Bertz CT molecular complexity index is 1460.